The zero-order chi connectivity index (χ0) is 14.5. The van der Waals surface area contributed by atoms with E-state index in [4.69, 9.17) is 5.73 Å². The van der Waals surface area contributed by atoms with E-state index in [0.717, 1.165) is 31.2 Å². The van der Waals surface area contributed by atoms with Crippen LogP contribution in [0.25, 0.3) is 0 Å². The normalized spacial score (nSPS) is 25.6. The molecule has 0 saturated carbocycles. The van der Waals surface area contributed by atoms with Gasteiger partial charge in [0, 0.05) is 12.0 Å². The fraction of sp³-hybridized carbons (Fsp3) is 0.368. The van der Waals surface area contributed by atoms with Crippen molar-refractivity contribution in [2.24, 2.45) is 11.1 Å². The van der Waals surface area contributed by atoms with Crippen molar-refractivity contribution in [3.8, 4) is 0 Å². The quantitative estimate of drug-likeness (QED) is 0.887. The van der Waals surface area contributed by atoms with Crippen LogP contribution in [0.3, 0.4) is 0 Å². The fourth-order valence-corrected chi connectivity index (χ4v) is 4.44. The van der Waals surface area contributed by atoms with Crippen LogP contribution in [0.2, 0.25) is 0 Å². The Morgan fingerprint density at radius 1 is 0.905 bits per heavy atom. The first kappa shape index (κ1) is 13.1. The molecule has 4 rings (SSSR count). The van der Waals surface area contributed by atoms with Crippen molar-refractivity contribution in [2.75, 3.05) is 6.54 Å². The van der Waals surface area contributed by atoms with E-state index in [1.807, 2.05) is 6.07 Å². The molecule has 2 aliphatic carbocycles. The number of hydrogen-bond donors (Lipinski definition) is 2. The number of aliphatic hydroxyl groups is 1. The van der Waals surface area contributed by atoms with Crippen LogP contribution in [0.5, 0.6) is 0 Å². The van der Waals surface area contributed by atoms with Crippen molar-refractivity contribution < 1.29 is 5.11 Å². The van der Waals surface area contributed by atoms with Crippen LogP contribution in [0.4, 0.5) is 0 Å². The Morgan fingerprint density at radius 3 is 2.10 bits per heavy atom. The summed E-state index contributed by atoms with van der Waals surface area (Å²) in [5.41, 5.74) is 10.2. The van der Waals surface area contributed by atoms with Crippen molar-refractivity contribution in [3.05, 3.63) is 70.8 Å². The molecule has 0 aliphatic heterocycles. The van der Waals surface area contributed by atoms with Crippen LogP contribution < -0.4 is 5.73 Å². The highest BCUT2D eigenvalue weighted by atomic mass is 16.3. The lowest BCUT2D eigenvalue weighted by Crippen LogP contribution is -2.50. The maximum Gasteiger partial charge on any atom is 0.0976 e. The molecule has 0 bridgehead atoms. The third-order valence-corrected chi connectivity index (χ3v) is 5.66. The SMILES string of the molecule is NCC1(C2(O)CCc3ccccc32)Cc2ccccc2C1. The lowest BCUT2D eigenvalue weighted by atomic mass is 9.66. The van der Waals surface area contributed by atoms with Crippen molar-refractivity contribution in [3.63, 3.8) is 0 Å². The largest absolute Gasteiger partial charge is 0.384 e. The maximum atomic E-state index is 11.6. The average molecular weight is 279 g/mol. The molecule has 0 saturated heterocycles. The third kappa shape index (κ3) is 1.66. The number of aryl methyl sites for hydroxylation is 1. The smallest absolute Gasteiger partial charge is 0.0976 e. The van der Waals surface area contributed by atoms with Crippen molar-refractivity contribution >= 4 is 0 Å². The summed E-state index contributed by atoms with van der Waals surface area (Å²) < 4.78 is 0. The zero-order valence-corrected chi connectivity index (χ0v) is 12.2. The molecule has 1 atom stereocenters. The van der Waals surface area contributed by atoms with Gasteiger partial charge in [-0.1, -0.05) is 48.5 Å². The fourth-order valence-electron chi connectivity index (χ4n) is 4.44. The molecular formula is C19H21NO. The predicted octanol–water partition coefficient (Wildman–Crippen LogP) is 2.56. The molecule has 2 heteroatoms. The molecule has 2 aromatic carbocycles. The minimum atomic E-state index is -0.794. The van der Waals surface area contributed by atoms with Gasteiger partial charge in [-0.05, 0) is 47.9 Å². The van der Waals surface area contributed by atoms with Crippen LogP contribution in [0.15, 0.2) is 48.5 Å². The molecule has 0 heterocycles. The summed E-state index contributed by atoms with van der Waals surface area (Å²) in [6.07, 6.45) is 3.50. The highest BCUT2D eigenvalue weighted by Crippen LogP contribution is 2.54. The average Bonchev–Trinajstić information content (AvgIpc) is 3.08. The Morgan fingerprint density at radius 2 is 1.48 bits per heavy atom. The van der Waals surface area contributed by atoms with Gasteiger partial charge in [0.25, 0.3) is 0 Å². The van der Waals surface area contributed by atoms with Gasteiger partial charge < -0.3 is 10.8 Å². The molecule has 1 unspecified atom stereocenters. The number of fused-ring (bicyclic) bond motifs is 2. The van der Waals surface area contributed by atoms with E-state index < -0.39 is 5.60 Å². The van der Waals surface area contributed by atoms with Gasteiger partial charge in [0.2, 0.25) is 0 Å². The second kappa shape index (κ2) is 4.43. The van der Waals surface area contributed by atoms with E-state index >= 15 is 0 Å². The molecule has 2 aromatic rings. The Kier molecular flexibility index (Phi) is 2.75. The monoisotopic (exact) mass is 279 g/mol. The number of benzene rings is 2. The molecule has 0 fully saturated rings. The van der Waals surface area contributed by atoms with E-state index in [-0.39, 0.29) is 5.41 Å². The second-order valence-electron chi connectivity index (χ2n) is 6.62. The zero-order valence-electron chi connectivity index (χ0n) is 12.2. The van der Waals surface area contributed by atoms with Gasteiger partial charge >= 0.3 is 0 Å². The van der Waals surface area contributed by atoms with Gasteiger partial charge in [-0.15, -0.1) is 0 Å². The van der Waals surface area contributed by atoms with Crippen molar-refractivity contribution in [1.29, 1.82) is 0 Å². The molecule has 2 nitrogen and oxygen atoms in total. The minimum absolute atomic E-state index is 0.261. The molecular weight excluding hydrogens is 258 g/mol. The lowest BCUT2D eigenvalue weighted by molar-refractivity contribution is -0.0818. The van der Waals surface area contributed by atoms with Crippen LogP contribution in [-0.4, -0.2) is 11.7 Å². The van der Waals surface area contributed by atoms with Gasteiger partial charge in [-0.2, -0.15) is 0 Å². The molecule has 0 radical (unpaired) electrons. The first-order valence-corrected chi connectivity index (χ1v) is 7.76. The van der Waals surface area contributed by atoms with Gasteiger partial charge in [-0.25, -0.2) is 0 Å². The topological polar surface area (TPSA) is 46.2 Å². The third-order valence-electron chi connectivity index (χ3n) is 5.66. The summed E-state index contributed by atoms with van der Waals surface area (Å²) in [6, 6.07) is 16.8. The van der Waals surface area contributed by atoms with Gasteiger partial charge in [0.1, 0.15) is 0 Å². The second-order valence-corrected chi connectivity index (χ2v) is 6.62. The Balaban J connectivity index is 1.82. The minimum Gasteiger partial charge on any atom is -0.384 e. The highest BCUT2D eigenvalue weighted by Gasteiger charge is 2.55. The Hall–Kier alpha value is -1.64. The summed E-state index contributed by atoms with van der Waals surface area (Å²) in [7, 11) is 0. The summed E-state index contributed by atoms with van der Waals surface area (Å²) >= 11 is 0. The molecule has 0 spiro atoms. The number of rotatable bonds is 2. The van der Waals surface area contributed by atoms with E-state index in [2.05, 4.69) is 42.5 Å². The molecule has 0 aromatic heterocycles. The van der Waals surface area contributed by atoms with Crippen LogP contribution in [0.1, 0.15) is 28.7 Å². The first-order valence-electron chi connectivity index (χ1n) is 7.76. The van der Waals surface area contributed by atoms with E-state index in [9.17, 15) is 5.11 Å². The molecule has 3 N–H and O–H groups in total. The maximum absolute atomic E-state index is 11.6. The first-order chi connectivity index (χ1) is 10.2. The highest BCUT2D eigenvalue weighted by molar-refractivity contribution is 5.44. The molecule has 2 aliphatic rings. The van der Waals surface area contributed by atoms with Crippen LogP contribution in [0, 0.1) is 5.41 Å². The summed E-state index contributed by atoms with van der Waals surface area (Å²) in [5.74, 6) is 0. The van der Waals surface area contributed by atoms with Gasteiger partial charge in [0.05, 0.1) is 5.60 Å². The molecule has 21 heavy (non-hydrogen) atoms. The lowest BCUT2D eigenvalue weighted by Gasteiger charge is -2.43. The van der Waals surface area contributed by atoms with Crippen molar-refractivity contribution in [1.82, 2.24) is 0 Å². The predicted molar refractivity (Wildman–Crippen MR) is 84.0 cm³/mol. The van der Waals surface area contributed by atoms with Crippen LogP contribution >= 0.6 is 0 Å². The summed E-state index contributed by atoms with van der Waals surface area (Å²) in [6.45, 7) is 0.520. The van der Waals surface area contributed by atoms with Gasteiger partial charge in [0.15, 0.2) is 0 Å². The summed E-state index contributed by atoms with van der Waals surface area (Å²) in [4.78, 5) is 0. The number of nitrogens with two attached hydrogens (primary N) is 1. The molecule has 108 valence electrons. The number of hydrogen-bond acceptors (Lipinski definition) is 2. The van der Waals surface area contributed by atoms with Crippen molar-refractivity contribution in [2.45, 2.75) is 31.3 Å². The van der Waals surface area contributed by atoms with E-state index in [1.54, 1.807) is 0 Å². The Bertz CT molecular complexity index is 668. The van der Waals surface area contributed by atoms with Crippen LogP contribution in [-0.2, 0) is 24.9 Å². The Labute approximate surface area is 125 Å². The van der Waals surface area contributed by atoms with E-state index in [1.165, 1.54) is 16.7 Å². The van der Waals surface area contributed by atoms with E-state index in [0.29, 0.717) is 6.54 Å². The summed E-state index contributed by atoms with van der Waals surface area (Å²) in [5, 5.41) is 11.6. The van der Waals surface area contributed by atoms with Gasteiger partial charge in [-0.3, -0.25) is 0 Å². The standard InChI is InChI=1S/C19H21NO/c20-13-18(11-15-6-1-2-7-16(15)12-18)19(21)10-9-14-5-3-4-8-17(14)19/h1-8,21H,9-13,20H2. The molecule has 0 amide bonds.